The van der Waals surface area contributed by atoms with Crippen molar-refractivity contribution < 1.29 is 22.8 Å². The zero-order chi connectivity index (χ0) is 20.6. The fraction of sp³-hybridized carbons (Fsp3) is 0.600. The van der Waals surface area contributed by atoms with Gasteiger partial charge in [0.05, 0.1) is 5.56 Å². The maximum absolute atomic E-state index is 13.5. The van der Waals surface area contributed by atoms with Gasteiger partial charge in [-0.3, -0.25) is 9.59 Å². The van der Waals surface area contributed by atoms with E-state index >= 15 is 0 Å². The highest BCUT2D eigenvalue weighted by atomic mass is 19.4. The molecule has 28 heavy (non-hydrogen) atoms. The second-order valence-corrected chi connectivity index (χ2v) is 7.99. The maximum Gasteiger partial charge on any atom is 0.416 e. The van der Waals surface area contributed by atoms with Crippen LogP contribution in [0.2, 0.25) is 0 Å². The number of anilines is 1. The molecule has 3 rings (SSSR count). The van der Waals surface area contributed by atoms with Gasteiger partial charge in [-0.1, -0.05) is 13.8 Å². The van der Waals surface area contributed by atoms with Gasteiger partial charge in [0.2, 0.25) is 5.91 Å². The summed E-state index contributed by atoms with van der Waals surface area (Å²) in [6, 6.07) is 3.22. The van der Waals surface area contributed by atoms with E-state index in [4.69, 9.17) is 0 Å². The van der Waals surface area contributed by atoms with E-state index in [1.807, 2.05) is 20.9 Å². The molecule has 154 valence electrons. The summed E-state index contributed by atoms with van der Waals surface area (Å²) in [5, 5.41) is 0. The number of benzene rings is 1. The minimum atomic E-state index is -4.59. The molecule has 0 spiro atoms. The van der Waals surface area contributed by atoms with E-state index in [1.165, 1.54) is 11.0 Å². The van der Waals surface area contributed by atoms with Crippen molar-refractivity contribution in [1.29, 1.82) is 0 Å². The first-order valence-electron chi connectivity index (χ1n) is 9.60. The predicted octanol–water partition coefficient (Wildman–Crippen LogP) is 3.24. The van der Waals surface area contributed by atoms with Crippen LogP contribution < -0.4 is 4.90 Å². The number of piperazine rings is 1. The lowest BCUT2D eigenvalue weighted by molar-refractivity contribution is -0.137. The summed E-state index contributed by atoms with van der Waals surface area (Å²) < 4.78 is 40.4. The summed E-state index contributed by atoms with van der Waals surface area (Å²) in [6.45, 7) is 6.20. The zero-order valence-corrected chi connectivity index (χ0v) is 16.4. The van der Waals surface area contributed by atoms with Crippen LogP contribution in [0, 0.1) is 5.92 Å². The van der Waals surface area contributed by atoms with E-state index in [-0.39, 0.29) is 29.1 Å². The number of carbonyl (C=O) groups is 2. The Labute approximate surface area is 163 Å². The Bertz CT molecular complexity index is 764. The smallest absolute Gasteiger partial charge is 0.333 e. The average molecular weight is 397 g/mol. The number of likely N-dealkylation sites (N-methyl/N-ethyl adjacent to an activating group) is 1. The van der Waals surface area contributed by atoms with Gasteiger partial charge in [0.1, 0.15) is 0 Å². The van der Waals surface area contributed by atoms with Crippen molar-refractivity contribution in [3.05, 3.63) is 29.3 Å². The fourth-order valence-corrected chi connectivity index (χ4v) is 3.92. The molecule has 2 saturated heterocycles. The number of nitrogens with zero attached hydrogens (tertiary/aromatic N) is 3. The number of halogens is 3. The highest BCUT2D eigenvalue weighted by Crippen LogP contribution is 2.35. The first kappa shape index (κ1) is 20.6. The van der Waals surface area contributed by atoms with E-state index in [0.29, 0.717) is 39.0 Å². The highest BCUT2D eigenvalue weighted by molar-refractivity contribution is 5.99. The van der Waals surface area contributed by atoms with E-state index in [0.717, 1.165) is 12.1 Å². The van der Waals surface area contributed by atoms with Gasteiger partial charge in [0.25, 0.3) is 5.91 Å². The van der Waals surface area contributed by atoms with Gasteiger partial charge < -0.3 is 14.7 Å². The molecular formula is C20H26F3N3O2. The van der Waals surface area contributed by atoms with Crippen LogP contribution in [0.1, 0.15) is 42.6 Å². The van der Waals surface area contributed by atoms with Crippen LogP contribution in [0.4, 0.5) is 18.9 Å². The molecule has 2 aliphatic heterocycles. The van der Waals surface area contributed by atoms with Crippen molar-refractivity contribution in [3.63, 3.8) is 0 Å². The highest BCUT2D eigenvalue weighted by Gasteiger charge is 2.36. The molecule has 1 aromatic rings. The molecule has 2 amide bonds. The Morgan fingerprint density at radius 3 is 2.43 bits per heavy atom. The second kappa shape index (κ2) is 7.73. The van der Waals surface area contributed by atoms with Crippen LogP contribution in [-0.2, 0) is 11.0 Å². The minimum absolute atomic E-state index is 0.0141. The normalized spacial score (nSPS) is 21.7. The fourth-order valence-electron chi connectivity index (χ4n) is 3.92. The first-order valence-corrected chi connectivity index (χ1v) is 9.60. The average Bonchev–Trinajstić information content (AvgIpc) is 3.06. The van der Waals surface area contributed by atoms with E-state index in [2.05, 4.69) is 4.90 Å². The molecule has 5 nitrogen and oxygen atoms in total. The van der Waals surface area contributed by atoms with Crippen LogP contribution in [0.5, 0.6) is 0 Å². The van der Waals surface area contributed by atoms with Crippen LogP contribution in [-0.4, -0.2) is 60.9 Å². The van der Waals surface area contributed by atoms with E-state index in [9.17, 15) is 22.8 Å². The summed E-state index contributed by atoms with van der Waals surface area (Å²) in [5.74, 6) is -0.444. The molecule has 1 atom stereocenters. The number of rotatable bonds is 3. The number of hydrogen-bond donors (Lipinski definition) is 0. The van der Waals surface area contributed by atoms with Gasteiger partial charge in [0, 0.05) is 49.9 Å². The van der Waals surface area contributed by atoms with Crippen molar-refractivity contribution in [1.82, 2.24) is 9.80 Å². The summed E-state index contributed by atoms with van der Waals surface area (Å²) in [5.41, 5.74) is -0.765. The summed E-state index contributed by atoms with van der Waals surface area (Å²) in [7, 11) is 1.97. The van der Waals surface area contributed by atoms with Gasteiger partial charge in [-0.2, -0.15) is 13.2 Å². The summed E-state index contributed by atoms with van der Waals surface area (Å²) in [4.78, 5) is 30.4. The van der Waals surface area contributed by atoms with Crippen LogP contribution >= 0.6 is 0 Å². The van der Waals surface area contributed by atoms with E-state index < -0.39 is 17.6 Å². The lowest BCUT2D eigenvalue weighted by Crippen LogP contribution is -2.56. The topological polar surface area (TPSA) is 43.9 Å². The van der Waals surface area contributed by atoms with E-state index in [1.54, 1.807) is 4.90 Å². The Hall–Kier alpha value is -2.09. The van der Waals surface area contributed by atoms with Crippen molar-refractivity contribution in [2.45, 2.75) is 38.9 Å². The third-order valence-electron chi connectivity index (χ3n) is 5.53. The van der Waals surface area contributed by atoms with Crippen molar-refractivity contribution in [3.8, 4) is 0 Å². The second-order valence-electron chi connectivity index (χ2n) is 7.99. The molecule has 0 aromatic heterocycles. The molecule has 8 heteroatoms. The molecule has 1 unspecified atom stereocenters. The SMILES string of the molecule is CC(C)C1CN(C)CCN1C(=O)c1cc(N2CCCC2=O)cc(C(F)(F)F)c1. The number of carbonyl (C=O) groups excluding carboxylic acids is 2. The van der Waals surface area contributed by atoms with Gasteiger partial charge >= 0.3 is 6.18 Å². The molecule has 1 aromatic carbocycles. The van der Waals surface area contributed by atoms with Gasteiger partial charge in [-0.25, -0.2) is 0 Å². The molecule has 2 heterocycles. The van der Waals surface area contributed by atoms with Crippen molar-refractivity contribution in [2.24, 2.45) is 5.92 Å². The van der Waals surface area contributed by atoms with Gasteiger partial charge in [0.15, 0.2) is 0 Å². The summed E-state index contributed by atoms with van der Waals surface area (Å²) >= 11 is 0. The van der Waals surface area contributed by atoms with Crippen molar-refractivity contribution >= 4 is 17.5 Å². The molecule has 2 fully saturated rings. The molecule has 0 saturated carbocycles. The molecule has 0 aliphatic carbocycles. The third kappa shape index (κ3) is 4.16. The maximum atomic E-state index is 13.5. The van der Waals surface area contributed by atoms with Crippen LogP contribution in [0.3, 0.4) is 0 Å². The zero-order valence-electron chi connectivity index (χ0n) is 16.4. The lowest BCUT2D eigenvalue weighted by atomic mass is 9.98. The predicted molar refractivity (Wildman–Crippen MR) is 100 cm³/mol. The van der Waals surface area contributed by atoms with Gasteiger partial charge in [-0.15, -0.1) is 0 Å². The molecule has 0 bridgehead atoms. The molecule has 0 N–H and O–H groups in total. The quantitative estimate of drug-likeness (QED) is 0.787. The Morgan fingerprint density at radius 2 is 1.86 bits per heavy atom. The summed E-state index contributed by atoms with van der Waals surface area (Å²) in [6.07, 6.45) is -3.67. The number of amides is 2. The molecule has 0 radical (unpaired) electrons. The Morgan fingerprint density at radius 1 is 1.14 bits per heavy atom. The molecular weight excluding hydrogens is 371 g/mol. The third-order valence-corrected chi connectivity index (χ3v) is 5.53. The van der Waals surface area contributed by atoms with Crippen molar-refractivity contribution in [2.75, 3.05) is 38.1 Å². The standard InChI is InChI=1S/C20H26F3N3O2/c1-13(2)17-12-24(3)7-8-26(17)19(28)14-9-15(20(21,22)23)11-16(10-14)25-6-4-5-18(25)27/h9-11,13,17H,4-8,12H2,1-3H3. The minimum Gasteiger partial charge on any atom is -0.333 e. The van der Waals surface area contributed by atoms with Gasteiger partial charge in [-0.05, 0) is 37.6 Å². The molecule has 2 aliphatic rings. The first-order chi connectivity index (χ1) is 13.1. The lowest BCUT2D eigenvalue weighted by Gasteiger charge is -2.42. The largest absolute Gasteiger partial charge is 0.416 e. The van der Waals surface area contributed by atoms with Crippen LogP contribution in [0.25, 0.3) is 0 Å². The Kier molecular flexibility index (Phi) is 5.70. The number of alkyl halides is 3. The number of hydrogen-bond acceptors (Lipinski definition) is 3. The Balaban J connectivity index is 1.99. The van der Waals surface area contributed by atoms with Crippen LogP contribution in [0.15, 0.2) is 18.2 Å². The monoisotopic (exact) mass is 397 g/mol.